The van der Waals surface area contributed by atoms with Crippen LogP contribution in [0.5, 0.6) is 0 Å². The van der Waals surface area contributed by atoms with Crippen LogP contribution in [0, 0.1) is 5.92 Å². The molecule has 0 spiro atoms. The van der Waals surface area contributed by atoms with E-state index in [9.17, 15) is 0 Å². The lowest BCUT2D eigenvalue weighted by atomic mass is 9.79. The summed E-state index contributed by atoms with van der Waals surface area (Å²) in [5, 5.41) is 2.52. The van der Waals surface area contributed by atoms with Crippen molar-refractivity contribution in [1.82, 2.24) is 5.06 Å². The molecule has 3 nitrogen and oxygen atoms in total. The second-order valence-electron chi connectivity index (χ2n) is 10.6. The molecular formula is C24H41NO2Si. The third-order valence-corrected chi connectivity index (χ3v) is 7.24. The number of hydrogen-bond acceptors (Lipinski definition) is 3. The second-order valence-corrected chi connectivity index (χ2v) is 13.3. The molecule has 0 aliphatic carbocycles. The maximum Gasteiger partial charge on any atom is 0.167 e. The Morgan fingerprint density at radius 2 is 1.89 bits per heavy atom. The van der Waals surface area contributed by atoms with Crippen molar-refractivity contribution < 1.29 is 9.26 Å². The van der Waals surface area contributed by atoms with E-state index in [1.54, 1.807) is 0 Å². The summed E-state index contributed by atoms with van der Waals surface area (Å²) in [6, 6.07) is 10.6. The topological polar surface area (TPSA) is 21.7 Å². The summed E-state index contributed by atoms with van der Waals surface area (Å²) < 4.78 is 6.51. The van der Waals surface area contributed by atoms with Crippen LogP contribution in [-0.2, 0) is 15.8 Å². The van der Waals surface area contributed by atoms with Gasteiger partial charge in [0.2, 0.25) is 0 Å². The molecule has 4 heteroatoms. The Balaban J connectivity index is 2.27. The van der Waals surface area contributed by atoms with E-state index < -0.39 is 9.76 Å². The van der Waals surface area contributed by atoms with Crippen molar-refractivity contribution in [1.29, 1.82) is 0 Å². The van der Waals surface area contributed by atoms with Crippen molar-refractivity contribution in [2.24, 2.45) is 5.92 Å². The molecule has 1 heterocycles. The van der Waals surface area contributed by atoms with Crippen LogP contribution in [0.25, 0.3) is 0 Å². The van der Waals surface area contributed by atoms with Gasteiger partial charge in [0.1, 0.15) is 6.10 Å². The Bertz CT molecular complexity index is 623. The Morgan fingerprint density at radius 1 is 1.25 bits per heavy atom. The average Bonchev–Trinajstić information content (AvgIpc) is 2.92. The van der Waals surface area contributed by atoms with E-state index in [2.05, 4.69) is 96.5 Å². The molecule has 1 aliphatic rings. The third-order valence-electron chi connectivity index (χ3n) is 5.48. The second kappa shape index (κ2) is 9.25. The maximum absolute atomic E-state index is 6.65. The minimum Gasteiger partial charge on any atom is -0.416 e. The van der Waals surface area contributed by atoms with Crippen LogP contribution in [0.1, 0.15) is 73.3 Å². The zero-order valence-electron chi connectivity index (χ0n) is 19.1. The largest absolute Gasteiger partial charge is 0.416 e. The molecule has 1 saturated heterocycles. The lowest BCUT2D eigenvalue weighted by Crippen LogP contribution is -2.43. The Morgan fingerprint density at radius 3 is 2.43 bits per heavy atom. The van der Waals surface area contributed by atoms with E-state index in [1.165, 1.54) is 5.56 Å². The number of nitrogens with zero attached hydrogens (tertiary/aromatic N) is 1. The van der Waals surface area contributed by atoms with E-state index >= 15 is 0 Å². The lowest BCUT2D eigenvalue weighted by molar-refractivity contribution is -0.223. The summed E-state index contributed by atoms with van der Waals surface area (Å²) in [7, 11) is -0.650. The molecule has 0 N–H and O–H groups in total. The fourth-order valence-electron chi connectivity index (χ4n) is 4.05. The van der Waals surface area contributed by atoms with Gasteiger partial charge in [-0.15, -0.1) is 6.58 Å². The van der Waals surface area contributed by atoms with Gasteiger partial charge in [-0.2, -0.15) is 5.06 Å². The van der Waals surface area contributed by atoms with Crippen molar-refractivity contribution in [2.45, 2.75) is 96.6 Å². The highest BCUT2D eigenvalue weighted by atomic mass is 28.2. The first-order valence-electron chi connectivity index (χ1n) is 10.7. The highest BCUT2D eigenvalue weighted by Crippen LogP contribution is 2.44. The normalized spacial score (nSPS) is 24.5. The smallest absolute Gasteiger partial charge is 0.167 e. The van der Waals surface area contributed by atoms with E-state index in [1.807, 2.05) is 0 Å². The number of hydrogen-bond donors (Lipinski definition) is 0. The molecule has 1 aromatic carbocycles. The van der Waals surface area contributed by atoms with Gasteiger partial charge in [-0.3, -0.25) is 4.84 Å². The van der Waals surface area contributed by atoms with Crippen LogP contribution in [0.3, 0.4) is 0 Å². The summed E-state index contributed by atoms with van der Waals surface area (Å²) in [6.45, 7) is 20.7. The van der Waals surface area contributed by atoms with Crippen LogP contribution in [0.2, 0.25) is 5.04 Å². The summed E-state index contributed by atoms with van der Waals surface area (Å²) in [5.41, 5.74) is 0.970. The van der Waals surface area contributed by atoms with Crippen LogP contribution in [0.15, 0.2) is 43.0 Å². The number of benzene rings is 1. The Hall–Kier alpha value is -0.943. The quantitative estimate of drug-likeness (QED) is 0.393. The van der Waals surface area contributed by atoms with Crippen molar-refractivity contribution in [3.05, 3.63) is 48.6 Å². The van der Waals surface area contributed by atoms with Crippen molar-refractivity contribution in [3.63, 3.8) is 0 Å². The van der Waals surface area contributed by atoms with E-state index in [0.717, 1.165) is 25.8 Å². The molecule has 0 saturated carbocycles. The van der Waals surface area contributed by atoms with Gasteiger partial charge < -0.3 is 4.43 Å². The van der Waals surface area contributed by atoms with Crippen LogP contribution >= 0.6 is 0 Å². The van der Waals surface area contributed by atoms with Gasteiger partial charge in [0, 0.05) is 6.54 Å². The standard InChI is InChI=1S/C24H41NO2Si/c1-9-15-24(16-19(2)3)17-21(23(7,8)27-28-22(4,5)6)26-25(24)18-20-13-11-10-12-14-20/h9-14,19,21H,1,15-18,28H2,2-8H3. The molecule has 28 heavy (non-hydrogen) atoms. The molecule has 0 amide bonds. The highest BCUT2D eigenvalue weighted by Gasteiger charge is 2.51. The van der Waals surface area contributed by atoms with Crippen LogP contribution < -0.4 is 0 Å². The number of hydroxylamine groups is 2. The molecule has 1 aromatic rings. The zero-order valence-corrected chi connectivity index (χ0v) is 20.5. The fraction of sp³-hybridized carbons (Fsp3) is 0.667. The minimum absolute atomic E-state index is 0.0274. The first-order valence-corrected chi connectivity index (χ1v) is 12.0. The van der Waals surface area contributed by atoms with Gasteiger partial charge in [-0.25, -0.2) is 0 Å². The lowest BCUT2D eigenvalue weighted by Gasteiger charge is -2.37. The molecule has 2 unspecified atom stereocenters. The van der Waals surface area contributed by atoms with Gasteiger partial charge in [-0.1, -0.05) is 71.0 Å². The summed E-state index contributed by atoms with van der Waals surface area (Å²) >= 11 is 0. The fourth-order valence-corrected chi connectivity index (χ4v) is 5.05. The Labute approximate surface area is 175 Å². The monoisotopic (exact) mass is 403 g/mol. The van der Waals surface area contributed by atoms with E-state index in [4.69, 9.17) is 9.26 Å². The van der Waals surface area contributed by atoms with Gasteiger partial charge >= 0.3 is 0 Å². The third kappa shape index (κ3) is 6.28. The van der Waals surface area contributed by atoms with E-state index in [0.29, 0.717) is 5.92 Å². The van der Waals surface area contributed by atoms with Gasteiger partial charge in [0.15, 0.2) is 9.76 Å². The predicted molar refractivity (Wildman–Crippen MR) is 122 cm³/mol. The SMILES string of the molecule is C=CCC1(CC(C)C)CC(C(C)(C)O[SiH2]C(C)(C)C)ON1Cc1ccccc1. The van der Waals surface area contributed by atoms with Gasteiger partial charge in [0.25, 0.3) is 0 Å². The van der Waals surface area contributed by atoms with Crippen molar-refractivity contribution >= 4 is 9.76 Å². The predicted octanol–water partition coefficient (Wildman–Crippen LogP) is 5.65. The van der Waals surface area contributed by atoms with Gasteiger partial charge in [-0.05, 0) is 49.6 Å². The molecule has 158 valence electrons. The molecule has 1 fully saturated rings. The minimum atomic E-state index is -0.650. The molecule has 0 aromatic heterocycles. The first kappa shape index (κ1) is 23.3. The highest BCUT2D eigenvalue weighted by molar-refractivity contribution is 6.31. The maximum atomic E-state index is 6.65. The zero-order chi connectivity index (χ0) is 21.0. The molecule has 0 radical (unpaired) electrons. The van der Waals surface area contributed by atoms with Crippen molar-refractivity contribution in [3.8, 4) is 0 Å². The number of rotatable bonds is 9. The Kier molecular flexibility index (Phi) is 7.71. The molecule has 0 bridgehead atoms. The first-order chi connectivity index (χ1) is 13.0. The molecule has 1 aliphatic heterocycles. The van der Waals surface area contributed by atoms with Crippen LogP contribution in [0.4, 0.5) is 0 Å². The summed E-state index contributed by atoms with van der Waals surface area (Å²) in [6.07, 6.45) is 5.13. The molecular weight excluding hydrogens is 362 g/mol. The van der Waals surface area contributed by atoms with Crippen molar-refractivity contribution in [2.75, 3.05) is 0 Å². The average molecular weight is 404 g/mol. The van der Waals surface area contributed by atoms with Gasteiger partial charge in [0.05, 0.1) is 11.1 Å². The van der Waals surface area contributed by atoms with Crippen LogP contribution in [-0.4, -0.2) is 32.1 Å². The summed E-state index contributed by atoms with van der Waals surface area (Å²) in [4.78, 5) is 6.65. The van der Waals surface area contributed by atoms with E-state index in [-0.39, 0.29) is 22.3 Å². The molecule has 2 rings (SSSR count). The summed E-state index contributed by atoms with van der Waals surface area (Å²) in [5.74, 6) is 0.591. The molecule has 2 atom stereocenters.